The van der Waals surface area contributed by atoms with Gasteiger partial charge in [-0.2, -0.15) is 0 Å². The van der Waals surface area contributed by atoms with E-state index in [2.05, 4.69) is 63.5 Å². The van der Waals surface area contributed by atoms with Crippen molar-refractivity contribution in [1.29, 1.82) is 0 Å². The Bertz CT molecular complexity index is 1120. The van der Waals surface area contributed by atoms with Gasteiger partial charge in [0.15, 0.2) is 0 Å². The van der Waals surface area contributed by atoms with Gasteiger partial charge in [0.25, 0.3) is 0 Å². The minimum atomic E-state index is -0.273. The van der Waals surface area contributed by atoms with Gasteiger partial charge in [-0.1, -0.05) is 45.9 Å². The Morgan fingerprint density at radius 3 is 2.17 bits per heavy atom. The molecule has 3 rings (SSSR count). The van der Waals surface area contributed by atoms with Gasteiger partial charge >= 0.3 is 0 Å². The number of nitrogens with one attached hydrogen (secondary N) is 2. The third kappa shape index (κ3) is 10.5. The van der Waals surface area contributed by atoms with E-state index in [4.69, 9.17) is 0 Å². The van der Waals surface area contributed by atoms with Crippen LogP contribution in [-0.4, -0.2) is 74.8 Å². The van der Waals surface area contributed by atoms with Crippen molar-refractivity contribution >= 4 is 38.9 Å². The minimum Gasteiger partial charge on any atom is -0.369 e. The lowest BCUT2D eigenvalue weighted by atomic mass is 10.1. The van der Waals surface area contributed by atoms with Gasteiger partial charge in [0, 0.05) is 88.4 Å². The molecule has 220 valence electrons. The highest BCUT2D eigenvalue weighted by Crippen LogP contribution is 2.20. The maximum Gasteiger partial charge on any atom is 0.147 e. The molecule has 0 saturated carbocycles. The number of benzene rings is 1. The first kappa shape index (κ1) is 35.0. The monoisotopic (exact) mass is 615 g/mol. The van der Waals surface area contributed by atoms with E-state index in [9.17, 15) is 4.39 Å². The van der Waals surface area contributed by atoms with Crippen LogP contribution in [0.25, 0.3) is 5.70 Å². The molecule has 0 amide bonds. The Kier molecular flexibility index (Phi) is 17.4. The fourth-order valence-electron chi connectivity index (χ4n) is 4.10. The predicted molar refractivity (Wildman–Crippen MR) is 175 cm³/mol. The third-order valence-corrected chi connectivity index (χ3v) is 7.07. The van der Waals surface area contributed by atoms with Crippen LogP contribution in [0.3, 0.4) is 0 Å². The van der Waals surface area contributed by atoms with E-state index in [-0.39, 0.29) is 5.82 Å². The van der Waals surface area contributed by atoms with Crippen LogP contribution in [0.4, 0.5) is 10.1 Å². The van der Waals surface area contributed by atoms with Crippen LogP contribution in [0.2, 0.25) is 0 Å². The molecule has 2 N–H and O–H groups in total. The maximum atomic E-state index is 14.3. The predicted octanol–water partition coefficient (Wildman–Crippen LogP) is 6.36. The largest absolute Gasteiger partial charge is 0.369 e. The number of allylic oxidation sites excluding steroid dienone is 2. The zero-order valence-corrected chi connectivity index (χ0v) is 27.0. The lowest BCUT2D eigenvalue weighted by Crippen LogP contribution is -2.49. The van der Waals surface area contributed by atoms with Crippen LogP contribution < -0.4 is 15.5 Å². The lowest BCUT2D eigenvalue weighted by molar-refractivity contribution is 0.262. The average molecular weight is 617 g/mol. The molecule has 1 aliphatic rings. The second kappa shape index (κ2) is 19.9. The van der Waals surface area contributed by atoms with Crippen molar-refractivity contribution in [3.63, 3.8) is 0 Å². The number of hydrogen-bond acceptors (Lipinski definition) is 6. The summed E-state index contributed by atoms with van der Waals surface area (Å²) in [5.74, 6) is 0.430. The van der Waals surface area contributed by atoms with Gasteiger partial charge in [-0.3, -0.25) is 19.9 Å². The van der Waals surface area contributed by atoms with Crippen LogP contribution in [0.15, 0.2) is 75.0 Å². The first-order chi connectivity index (χ1) is 19.5. The number of rotatable bonds is 9. The Morgan fingerprint density at radius 1 is 1.00 bits per heavy atom. The zero-order valence-electron chi connectivity index (χ0n) is 25.4. The van der Waals surface area contributed by atoms with Gasteiger partial charge in [0.2, 0.25) is 0 Å². The Hall–Kier alpha value is -3.04. The number of piperazine rings is 1. The molecule has 0 unspecified atom stereocenters. The molecule has 0 atom stereocenters. The molecule has 1 fully saturated rings. The van der Waals surface area contributed by atoms with Crippen molar-refractivity contribution in [3.05, 3.63) is 76.4 Å². The smallest absolute Gasteiger partial charge is 0.147 e. The number of hydrogen-bond donors (Lipinski definition) is 2. The average Bonchev–Trinajstić information content (AvgIpc) is 3.02. The summed E-state index contributed by atoms with van der Waals surface area (Å²) in [7, 11) is 3.49. The molecule has 2 aromatic rings. The summed E-state index contributed by atoms with van der Waals surface area (Å²) in [4.78, 5) is 17.9. The molecule has 1 saturated heterocycles. The summed E-state index contributed by atoms with van der Waals surface area (Å²) in [6.07, 6.45) is 5.53. The molecule has 2 heterocycles. The number of halogens is 2. The Balaban J connectivity index is 0.00000191. The molecule has 40 heavy (non-hydrogen) atoms. The first-order valence-electron chi connectivity index (χ1n) is 14.1. The standard InChI is InChI=1S/C27H35BrFN7.2C2H6/c1-5-24(22-8-6-7-9-23(22)29)34-20(2)25(28)26(30-3)27(31-4)33-14-15-35-16-18-36(19-17-35)21-10-12-32-13-11-21;2*1-2/h5-13,34H,14-19H2,1-4H3,(H,31,33);2*1-2H3/b24-5-,25-20-,30-26?;;. The summed E-state index contributed by atoms with van der Waals surface area (Å²) >= 11 is 3.68. The summed E-state index contributed by atoms with van der Waals surface area (Å²) in [6.45, 7) is 17.5. The zero-order chi connectivity index (χ0) is 29.9. The number of anilines is 1. The van der Waals surface area contributed by atoms with E-state index in [0.717, 1.165) is 49.4 Å². The van der Waals surface area contributed by atoms with Gasteiger partial charge in [0.1, 0.15) is 17.4 Å². The van der Waals surface area contributed by atoms with Gasteiger partial charge in [-0.15, -0.1) is 0 Å². The van der Waals surface area contributed by atoms with Crippen molar-refractivity contribution < 1.29 is 4.39 Å². The summed E-state index contributed by atoms with van der Waals surface area (Å²) in [5, 5.41) is 6.76. The summed E-state index contributed by atoms with van der Waals surface area (Å²) in [6, 6.07) is 10.8. The number of amidine groups is 1. The minimum absolute atomic E-state index is 0.273. The van der Waals surface area contributed by atoms with Crippen LogP contribution >= 0.6 is 15.9 Å². The summed E-state index contributed by atoms with van der Waals surface area (Å²) in [5.41, 5.74) is 3.94. The van der Waals surface area contributed by atoms with E-state index in [1.54, 1.807) is 26.2 Å². The molecular formula is C31H47BrFN7. The van der Waals surface area contributed by atoms with Gasteiger partial charge in [-0.25, -0.2) is 4.39 Å². The molecule has 0 aliphatic carbocycles. The fraction of sp³-hybridized carbons (Fsp3) is 0.452. The fourth-order valence-corrected chi connectivity index (χ4v) is 4.57. The lowest BCUT2D eigenvalue weighted by Gasteiger charge is -2.36. The Labute approximate surface area is 249 Å². The third-order valence-electron chi connectivity index (χ3n) is 6.10. The van der Waals surface area contributed by atoms with Crippen molar-refractivity contribution in [1.82, 2.24) is 20.5 Å². The van der Waals surface area contributed by atoms with Crippen molar-refractivity contribution in [2.75, 3.05) is 58.3 Å². The second-order valence-corrected chi connectivity index (χ2v) is 9.14. The van der Waals surface area contributed by atoms with E-state index in [0.29, 0.717) is 22.8 Å². The van der Waals surface area contributed by atoms with E-state index in [1.165, 1.54) is 11.8 Å². The van der Waals surface area contributed by atoms with Crippen molar-refractivity contribution in [3.8, 4) is 0 Å². The molecule has 1 aliphatic heterocycles. The SMILES string of the molecule is C/C=C(\N/C(C)=C(\Br)C(=NC)C(=NC)NCCN1CCN(c2ccncc2)CC1)c1ccccc1F.CC.CC. The van der Waals surface area contributed by atoms with Crippen molar-refractivity contribution in [2.24, 2.45) is 9.98 Å². The molecule has 0 spiro atoms. The molecule has 1 aromatic carbocycles. The molecule has 0 radical (unpaired) electrons. The van der Waals surface area contributed by atoms with Gasteiger partial charge in [-0.05, 0) is 54.0 Å². The number of aliphatic imine (C=N–C) groups is 2. The quantitative estimate of drug-likeness (QED) is 0.254. The van der Waals surface area contributed by atoms with Gasteiger partial charge in [0.05, 0.1) is 4.48 Å². The van der Waals surface area contributed by atoms with Crippen LogP contribution in [0, 0.1) is 5.82 Å². The molecule has 7 nitrogen and oxygen atoms in total. The first-order valence-corrected chi connectivity index (χ1v) is 14.9. The molecule has 9 heteroatoms. The normalized spacial score (nSPS) is 15.2. The van der Waals surface area contributed by atoms with Crippen molar-refractivity contribution in [2.45, 2.75) is 41.5 Å². The second-order valence-electron chi connectivity index (χ2n) is 8.35. The van der Waals surface area contributed by atoms with Crippen LogP contribution in [0.5, 0.6) is 0 Å². The summed E-state index contributed by atoms with van der Waals surface area (Å²) < 4.78 is 15.1. The highest BCUT2D eigenvalue weighted by molar-refractivity contribution is 9.12. The number of aromatic nitrogens is 1. The molecule has 1 aromatic heterocycles. The van der Waals surface area contributed by atoms with Crippen LogP contribution in [0.1, 0.15) is 47.1 Å². The van der Waals surface area contributed by atoms with Crippen LogP contribution in [-0.2, 0) is 0 Å². The van der Waals surface area contributed by atoms with E-state index in [1.807, 2.05) is 66.1 Å². The number of nitrogens with zero attached hydrogens (tertiary/aromatic N) is 5. The number of pyridine rings is 1. The van der Waals surface area contributed by atoms with E-state index < -0.39 is 0 Å². The Morgan fingerprint density at radius 2 is 1.62 bits per heavy atom. The van der Waals surface area contributed by atoms with Gasteiger partial charge < -0.3 is 15.5 Å². The highest BCUT2D eigenvalue weighted by atomic mass is 79.9. The van der Waals surface area contributed by atoms with E-state index >= 15 is 0 Å². The molecular weight excluding hydrogens is 569 g/mol. The highest BCUT2D eigenvalue weighted by Gasteiger charge is 2.19. The topological polar surface area (TPSA) is 68.2 Å². The molecule has 0 bridgehead atoms. The maximum absolute atomic E-state index is 14.3.